The molecule has 0 spiro atoms. The average molecular weight is 222 g/mol. The van der Waals surface area contributed by atoms with Crippen molar-refractivity contribution in [3.8, 4) is 0 Å². The predicted octanol–water partition coefficient (Wildman–Crippen LogP) is 1.45. The van der Waals surface area contributed by atoms with Gasteiger partial charge in [0.25, 0.3) is 0 Å². The second kappa shape index (κ2) is 4.76. The zero-order chi connectivity index (χ0) is 12.2. The summed E-state index contributed by atoms with van der Waals surface area (Å²) in [5.74, 6) is -1.18. The number of hydrogen-bond acceptors (Lipinski definition) is 3. The maximum atomic E-state index is 10.9. The summed E-state index contributed by atoms with van der Waals surface area (Å²) >= 11 is 0. The number of carboxylic acid groups (broad SMARTS) is 1. The topological polar surface area (TPSA) is 86.2 Å². The molecule has 0 fully saturated rings. The summed E-state index contributed by atoms with van der Waals surface area (Å²) in [5.41, 5.74) is -1.33. The van der Waals surface area contributed by atoms with E-state index >= 15 is 0 Å². The van der Waals surface area contributed by atoms with Gasteiger partial charge in [0.1, 0.15) is 5.60 Å². The van der Waals surface area contributed by atoms with Crippen molar-refractivity contribution in [3.63, 3.8) is 0 Å². The molecule has 0 atom stereocenters. The molecule has 1 aromatic rings. The van der Waals surface area contributed by atoms with E-state index in [9.17, 15) is 9.90 Å². The Morgan fingerprint density at radius 3 is 2.50 bits per heavy atom. The largest absolute Gasteiger partial charge is 0.476 e. The summed E-state index contributed by atoms with van der Waals surface area (Å²) in [4.78, 5) is 17.2. The van der Waals surface area contributed by atoms with Gasteiger partial charge in [-0.3, -0.25) is 0 Å². The SMILES string of the molecule is C=CCC(O)(CC=C)c1[nH]cnc1C(=O)O. The molecule has 0 saturated carbocycles. The molecule has 16 heavy (non-hydrogen) atoms. The number of aliphatic hydroxyl groups is 1. The third-order valence-corrected chi connectivity index (χ3v) is 2.27. The van der Waals surface area contributed by atoms with Crippen molar-refractivity contribution in [1.82, 2.24) is 9.97 Å². The van der Waals surface area contributed by atoms with E-state index in [0.29, 0.717) is 0 Å². The molecule has 3 N–H and O–H groups in total. The van der Waals surface area contributed by atoms with Crippen LogP contribution >= 0.6 is 0 Å². The number of nitrogens with zero attached hydrogens (tertiary/aromatic N) is 1. The molecular weight excluding hydrogens is 208 g/mol. The molecule has 0 aromatic carbocycles. The lowest BCUT2D eigenvalue weighted by atomic mass is 9.90. The van der Waals surface area contributed by atoms with Crippen LogP contribution < -0.4 is 0 Å². The van der Waals surface area contributed by atoms with Gasteiger partial charge in [0.2, 0.25) is 0 Å². The van der Waals surface area contributed by atoms with Crippen LogP contribution in [0.1, 0.15) is 29.0 Å². The molecule has 86 valence electrons. The van der Waals surface area contributed by atoms with Crippen LogP contribution in [0.15, 0.2) is 31.6 Å². The quantitative estimate of drug-likeness (QED) is 0.636. The lowest BCUT2D eigenvalue weighted by molar-refractivity contribution is 0.0356. The molecule has 1 aromatic heterocycles. The summed E-state index contributed by atoms with van der Waals surface area (Å²) in [6, 6.07) is 0. The van der Waals surface area contributed by atoms with E-state index in [2.05, 4.69) is 23.1 Å². The van der Waals surface area contributed by atoms with E-state index in [4.69, 9.17) is 5.11 Å². The highest BCUT2D eigenvalue weighted by Crippen LogP contribution is 2.30. The number of carboxylic acids is 1. The maximum Gasteiger partial charge on any atom is 0.356 e. The second-order valence-corrected chi connectivity index (χ2v) is 3.45. The van der Waals surface area contributed by atoms with Gasteiger partial charge in [-0.2, -0.15) is 0 Å². The number of H-pyrrole nitrogens is 1. The Bertz CT molecular complexity index is 399. The lowest BCUT2D eigenvalue weighted by Gasteiger charge is -2.24. The van der Waals surface area contributed by atoms with Crippen molar-refractivity contribution in [1.29, 1.82) is 0 Å². The summed E-state index contributed by atoms with van der Waals surface area (Å²) in [6.45, 7) is 7.07. The molecule has 0 amide bonds. The number of hydrogen-bond donors (Lipinski definition) is 3. The first kappa shape index (κ1) is 12.2. The minimum atomic E-state index is -1.34. The van der Waals surface area contributed by atoms with Gasteiger partial charge in [-0.15, -0.1) is 13.2 Å². The number of carbonyl (C=O) groups is 1. The lowest BCUT2D eigenvalue weighted by Crippen LogP contribution is -2.27. The molecule has 0 aliphatic rings. The molecular formula is C11H14N2O3. The Hall–Kier alpha value is -1.88. The predicted molar refractivity (Wildman–Crippen MR) is 59.1 cm³/mol. The average Bonchev–Trinajstić information content (AvgIpc) is 2.67. The highest BCUT2D eigenvalue weighted by molar-refractivity contribution is 5.87. The fraction of sp³-hybridized carbons (Fsp3) is 0.273. The Balaban J connectivity index is 3.19. The molecule has 1 heterocycles. The third kappa shape index (κ3) is 2.20. The molecule has 5 heteroatoms. The zero-order valence-corrected chi connectivity index (χ0v) is 8.81. The van der Waals surface area contributed by atoms with Crippen LogP contribution in [0.2, 0.25) is 0 Å². The number of rotatable bonds is 6. The Morgan fingerprint density at radius 2 is 2.06 bits per heavy atom. The Morgan fingerprint density at radius 1 is 1.50 bits per heavy atom. The highest BCUT2D eigenvalue weighted by atomic mass is 16.4. The van der Waals surface area contributed by atoms with Crippen molar-refractivity contribution in [2.24, 2.45) is 0 Å². The molecule has 5 nitrogen and oxygen atoms in total. The molecule has 0 unspecified atom stereocenters. The van der Waals surface area contributed by atoms with Gasteiger partial charge in [0.05, 0.1) is 12.0 Å². The van der Waals surface area contributed by atoms with Crippen LogP contribution in [0.5, 0.6) is 0 Å². The van der Waals surface area contributed by atoms with E-state index in [0.717, 1.165) is 0 Å². The van der Waals surface area contributed by atoms with E-state index < -0.39 is 11.6 Å². The highest BCUT2D eigenvalue weighted by Gasteiger charge is 2.33. The van der Waals surface area contributed by atoms with Crippen molar-refractivity contribution >= 4 is 5.97 Å². The molecule has 0 radical (unpaired) electrons. The molecule has 0 bridgehead atoms. The van der Waals surface area contributed by atoms with Gasteiger partial charge < -0.3 is 15.2 Å². The summed E-state index contributed by atoms with van der Waals surface area (Å²) < 4.78 is 0. The van der Waals surface area contributed by atoms with Gasteiger partial charge >= 0.3 is 5.97 Å². The van der Waals surface area contributed by atoms with Crippen LogP contribution in [0.25, 0.3) is 0 Å². The van der Waals surface area contributed by atoms with E-state index in [1.54, 1.807) is 0 Å². The molecule has 0 aliphatic heterocycles. The number of nitrogens with one attached hydrogen (secondary N) is 1. The Labute approximate surface area is 93.2 Å². The Kier molecular flexibility index (Phi) is 3.63. The normalized spacial score (nSPS) is 11.1. The second-order valence-electron chi connectivity index (χ2n) is 3.45. The maximum absolute atomic E-state index is 10.9. The van der Waals surface area contributed by atoms with Crippen molar-refractivity contribution in [3.05, 3.63) is 43.0 Å². The van der Waals surface area contributed by atoms with Gasteiger partial charge in [-0.1, -0.05) is 12.2 Å². The summed E-state index contributed by atoms with van der Waals surface area (Å²) in [7, 11) is 0. The van der Waals surface area contributed by atoms with Crippen LogP contribution in [0.4, 0.5) is 0 Å². The fourth-order valence-electron chi connectivity index (χ4n) is 1.58. The van der Waals surface area contributed by atoms with Crippen LogP contribution in [0.3, 0.4) is 0 Å². The monoisotopic (exact) mass is 222 g/mol. The van der Waals surface area contributed by atoms with Gasteiger partial charge in [0.15, 0.2) is 5.69 Å². The van der Waals surface area contributed by atoms with Gasteiger partial charge in [-0.05, 0) is 12.8 Å². The van der Waals surface area contributed by atoms with E-state index in [-0.39, 0.29) is 24.2 Å². The van der Waals surface area contributed by atoms with Crippen LogP contribution in [-0.4, -0.2) is 26.2 Å². The molecule has 1 rings (SSSR count). The first-order chi connectivity index (χ1) is 7.55. The van der Waals surface area contributed by atoms with E-state index in [1.165, 1.54) is 18.5 Å². The first-order valence-electron chi connectivity index (χ1n) is 4.76. The smallest absolute Gasteiger partial charge is 0.356 e. The zero-order valence-electron chi connectivity index (χ0n) is 8.81. The van der Waals surface area contributed by atoms with Gasteiger partial charge in [0, 0.05) is 0 Å². The molecule has 0 saturated heterocycles. The van der Waals surface area contributed by atoms with Crippen molar-refractivity contribution < 1.29 is 15.0 Å². The van der Waals surface area contributed by atoms with E-state index in [1.807, 2.05) is 0 Å². The standard InChI is InChI=1S/C11H14N2O3/c1-3-5-11(16,6-4-2)9-8(10(14)15)12-7-13-9/h3-4,7,16H,1-2,5-6H2,(H,12,13)(H,14,15). The van der Waals surface area contributed by atoms with Crippen LogP contribution in [-0.2, 0) is 5.60 Å². The van der Waals surface area contributed by atoms with Crippen LogP contribution in [0, 0.1) is 0 Å². The summed E-state index contributed by atoms with van der Waals surface area (Å²) in [5, 5.41) is 19.2. The number of aromatic carboxylic acids is 1. The third-order valence-electron chi connectivity index (χ3n) is 2.27. The minimum Gasteiger partial charge on any atom is -0.476 e. The van der Waals surface area contributed by atoms with Crippen molar-refractivity contribution in [2.75, 3.05) is 0 Å². The minimum absolute atomic E-state index is 0.175. The number of aromatic nitrogens is 2. The van der Waals surface area contributed by atoms with Crippen molar-refractivity contribution in [2.45, 2.75) is 18.4 Å². The number of imidazole rings is 1. The summed E-state index contributed by atoms with van der Waals surface area (Å²) in [6.07, 6.45) is 4.74. The van der Waals surface area contributed by atoms with Gasteiger partial charge in [-0.25, -0.2) is 9.78 Å². The first-order valence-corrected chi connectivity index (χ1v) is 4.76. The fourth-order valence-corrected chi connectivity index (χ4v) is 1.58. The molecule has 0 aliphatic carbocycles. The number of aromatic amines is 1.